The van der Waals surface area contributed by atoms with Gasteiger partial charge in [0.2, 0.25) is 5.82 Å². The molecule has 0 bridgehead atoms. The van der Waals surface area contributed by atoms with Crippen molar-refractivity contribution >= 4 is 0 Å². The number of H-pyrrole nitrogens is 1. The number of aliphatic hydroxyl groups is 3. The Kier molecular flexibility index (Phi) is 4.21. The topological polar surface area (TPSA) is 125 Å². The van der Waals surface area contributed by atoms with E-state index in [0.29, 0.717) is 10.8 Å². The number of aliphatic hydroxyl groups excluding tert-OH is 2. The van der Waals surface area contributed by atoms with Crippen LogP contribution in [-0.2, 0) is 4.74 Å². The van der Waals surface area contributed by atoms with E-state index in [1.165, 1.54) is 13.8 Å². The molecule has 4 N–H and O–H groups in total. The van der Waals surface area contributed by atoms with Gasteiger partial charge in [-0.15, -0.1) is 5.92 Å². The molecule has 8 nitrogen and oxygen atoms in total. The quantitative estimate of drug-likeness (QED) is 0.471. The van der Waals surface area contributed by atoms with Gasteiger partial charge in [-0.05, 0) is 13.8 Å². The molecule has 0 radical (unpaired) electrons. The zero-order valence-electron chi connectivity index (χ0n) is 11.8. The Bertz CT molecular complexity index is 745. The van der Waals surface area contributed by atoms with Crippen LogP contribution >= 0.6 is 0 Å². The normalized spacial score (nSPS) is 32.4. The van der Waals surface area contributed by atoms with Crippen LogP contribution in [0.1, 0.15) is 20.1 Å². The lowest BCUT2D eigenvalue weighted by Gasteiger charge is -2.26. The lowest BCUT2D eigenvalue weighted by Crippen LogP contribution is -2.49. The number of nitrogens with one attached hydrogen (secondary N) is 1. The van der Waals surface area contributed by atoms with Crippen molar-refractivity contribution in [3.8, 4) is 11.8 Å². The molecule has 1 aromatic rings. The fourth-order valence-corrected chi connectivity index (χ4v) is 2.35. The molecule has 1 aromatic heterocycles. The summed E-state index contributed by atoms with van der Waals surface area (Å²) in [5, 5.41) is 30.3. The summed E-state index contributed by atoms with van der Waals surface area (Å²) in [5.74, 6) is 3.42. The highest BCUT2D eigenvalue weighted by atomic mass is 19.1. The zero-order valence-corrected chi connectivity index (χ0v) is 11.8. The highest BCUT2D eigenvalue weighted by molar-refractivity contribution is 5.22. The second kappa shape index (κ2) is 5.66. The highest BCUT2D eigenvalue weighted by Gasteiger charge is 2.57. The first kappa shape index (κ1) is 16.4. The molecule has 2 rings (SSSR count). The van der Waals surface area contributed by atoms with Crippen LogP contribution < -0.4 is 11.2 Å². The number of hydrogen-bond acceptors (Lipinski definition) is 6. The summed E-state index contributed by atoms with van der Waals surface area (Å²) >= 11 is 0. The van der Waals surface area contributed by atoms with Crippen molar-refractivity contribution in [3.05, 3.63) is 32.9 Å². The summed E-state index contributed by atoms with van der Waals surface area (Å²) in [6.45, 7) is 2.69. The molecular formula is C13H15FN2O6. The lowest BCUT2D eigenvalue weighted by molar-refractivity contribution is -0.0887. The molecule has 1 saturated heterocycles. The SMILES string of the molecule is CC#C[C@@]1(O)C(O)[C@@H]([C@H](C)O)O[C@H]1n1cc(F)c(=O)[nH]c1=O. The summed E-state index contributed by atoms with van der Waals surface area (Å²) < 4.78 is 19.3. The van der Waals surface area contributed by atoms with E-state index in [0.717, 1.165) is 0 Å². The number of rotatable bonds is 2. The maximum absolute atomic E-state index is 13.4. The Balaban J connectivity index is 2.61. The summed E-state index contributed by atoms with van der Waals surface area (Å²) in [7, 11) is 0. The molecule has 1 aliphatic rings. The Morgan fingerprint density at radius 1 is 1.55 bits per heavy atom. The molecule has 2 heterocycles. The van der Waals surface area contributed by atoms with Gasteiger partial charge in [0, 0.05) is 0 Å². The summed E-state index contributed by atoms with van der Waals surface area (Å²) in [6, 6.07) is 0. The van der Waals surface area contributed by atoms with Gasteiger partial charge in [-0.3, -0.25) is 14.3 Å². The standard InChI is InChI=1S/C13H15FN2O6/c1-3-4-13(21)9(18)8(6(2)17)22-11(13)16-5-7(14)10(19)15-12(16)20/h5-6,8-9,11,17-18,21H,1-2H3,(H,15,19,20)/t6-,8+,9?,11+,13+/m0/s1. The first-order chi connectivity index (χ1) is 10.2. The molecule has 0 saturated carbocycles. The van der Waals surface area contributed by atoms with Crippen LogP contribution in [0.3, 0.4) is 0 Å². The molecule has 0 aromatic carbocycles. The van der Waals surface area contributed by atoms with E-state index in [4.69, 9.17) is 4.74 Å². The Morgan fingerprint density at radius 2 is 2.18 bits per heavy atom. The van der Waals surface area contributed by atoms with Crippen LogP contribution in [0.25, 0.3) is 0 Å². The van der Waals surface area contributed by atoms with Crippen molar-refractivity contribution in [2.75, 3.05) is 0 Å². The molecule has 0 spiro atoms. The number of nitrogens with zero attached hydrogens (tertiary/aromatic N) is 1. The minimum Gasteiger partial charge on any atom is -0.391 e. The monoisotopic (exact) mass is 314 g/mol. The molecule has 120 valence electrons. The van der Waals surface area contributed by atoms with Crippen LogP contribution in [0.15, 0.2) is 15.8 Å². The van der Waals surface area contributed by atoms with Gasteiger partial charge in [-0.25, -0.2) is 4.79 Å². The van der Waals surface area contributed by atoms with Crippen molar-refractivity contribution < 1.29 is 24.4 Å². The van der Waals surface area contributed by atoms with Crippen LogP contribution in [-0.4, -0.2) is 48.8 Å². The first-order valence-corrected chi connectivity index (χ1v) is 6.41. The van der Waals surface area contributed by atoms with Gasteiger partial charge >= 0.3 is 5.69 Å². The number of ether oxygens (including phenoxy) is 1. The van der Waals surface area contributed by atoms with Crippen LogP contribution in [0.5, 0.6) is 0 Å². The predicted octanol–water partition coefficient (Wildman–Crippen LogP) is -1.93. The largest absolute Gasteiger partial charge is 0.391 e. The van der Waals surface area contributed by atoms with E-state index in [1.54, 1.807) is 4.98 Å². The molecule has 1 fully saturated rings. The average Bonchev–Trinajstić information content (AvgIpc) is 2.68. The van der Waals surface area contributed by atoms with Gasteiger partial charge in [0.15, 0.2) is 11.8 Å². The van der Waals surface area contributed by atoms with E-state index >= 15 is 0 Å². The van der Waals surface area contributed by atoms with Crippen molar-refractivity contribution in [3.63, 3.8) is 0 Å². The molecular weight excluding hydrogens is 299 g/mol. The van der Waals surface area contributed by atoms with Crippen LogP contribution in [0.4, 0.5) is 4.39 Å². The fourth-order valence-electron chi connectivity index (χ4n) is 2.35. The van der Waals surface area contributed by atoms with E-state index in [2.05, 4.69) is 11.8 Å². The number of halogens is 1. The van der Waals surface area contributed by atoms with Crippen LogP contribution in [0.2, 0.25) is 0 Å². The summed E-state index contributed by atoms with van der Waals surface area (Å²) in [6.07, 6.45) is -5.14. The van der Waals surface area contributed by atoms with Gasteiger partial charge in [0.25, 0.3) is 5.56 Å². The van der Waals surface area contributed by atoms with E-state index in [-0.39, 0.29) is 0 Å². The maximum Gasteiger partial charge on any atom is 0.330 e. The smallest absolute Gasteiger partial charge is 0.330 e. The number of aromatic nitrogens is 2. The zero-order chi connectivity index (χ0) is 16.7. The lowest BCUT2D eigenvalue weighted by atomic mass is 9.93. The molecule has 5 atom stereocenters. The maximum atomic E-state index is 13.4. The molecule has 1 aliphatic heterocycles. The fraction of sp³-hybridized carbons (Fsp3) is 0.538. The Labute approximate surface area is 123 Å². The minimum absolute atomic E-state index is 0.547. The molecule has 0 amide bonds. The van der Waals surface area contributed by atoms with Gasteiger partial charge in [-0.2, -0.15) is 4.39 Å². The van der Waals surface area contributed by atoms with Crippen molar-refractivity contribution in [1.82, 2.24) is 9.55 Å². The minimum atomic E-state index is -2.26. The molecule has 9 heteroatoms. The highest BCUT2D eigenvalue weighted by Crippen LogP contribution is 2.38. The van der Waals surface area contributed by atoms with Gasteiger partial charge in [0.05, 0.1) is 12.3 Å². The number of hydrogen-bond donors (Lipinski definition) is 4. The van der Waals surface area contributed by atoms with Gasteiger partial charge < -0.3 is 20.1 Å². The number of aromatic amines is 1. The van der Waals surface area contributed by atoms with Crippen LogP contribution in [0, 0.1) is 17.7 Å². The van der Waals surface area contributed by atoms with E-state index in [9.17, 15) is 29.3 Å². The summed E-state index contributed by atoms with van der Waals surface area (Å²) in [4.78, 5) is 24.6. The third kappa shape index (κ3) is 2.46. The van der Waals surface area contributed by atoms with E-state index < -0.39 is 47.2 Å². The third-order valence-electron chi connectivity index (χ3n) is 3.40. The third-order valence-corrected chi connectivity index (χ3v) is 3.40. The average molecular weight is 314 g/mol. The van der Waals surface area contributed by atoms with Crippen molar-refractivity contribution in [1.29, 1.82) is 0 Å². The molecule has 22 heavy (non-hydrogen) atoms. The summed E-state index contributed by atoms with van der Waals surface area (Å²) in [5.41, 5.74) is -4.53. The van der Waals surface area contributed by atoms with Gasteiger partial charge in [-0.1, -0.05) is 5.92 Å². The molecule has 1 unspecified atom stereocenters. The van der Waals surface area contributed by atoms with Crippen molar-refractivity contribution in [2.24, 2.45) is 0 Å². The second-order valence-electron chi connectivity index (χ2n) is 4.98. The molecule has 0 aliphatic carbocycles. The Hall–Kier alpha value is -1.99. The predicted molar refractivity (Wildman–Crippen MR) is 71.3 cm³/mol. The van der Waals surface area contributed by atoms with Crippen molar-refractivity contribution in [2.45, 2.75) is 44.0 Å². The van der Waals surface area contributed by atoms with Gasteiger partial charge in [0.1, 0.15) is 12.2 Å². The Morgan fingerprint density at radius 3 is 2.73 bits per heavy atom. The first-order valence-electron chi connectivity index (χ1n) is 6.41. The van der Waals surface area contributed by atoms with E-state index in [1.807, 2.05) is 0 Å². The second-order valence-corrected chi connectivity index (χ2v) is 4.98.